The number of hydrogen-bond acceptors (Lipinski definition) is 7. The van der Waals surface area contributed by atoms with Gasteiger partial charge in [-0.25, -0.2) is 0 Å². The van der Waals surface area contributed by atoms with E-state index in [1.54, 1.807) is 16.7 Å². The van der Waals surface area contributed by atoms with E-state index >= 15 is 0 Å². The van der Waals surface area contributed by atoms with Crippen LogP contribution in [-0.4, -0.2) is 58.3 Å². The summed E-state index contributed by atoms with van der Waals surface area (Å²) in [7, 11) is 3.66. The molecule has 0 aromatic carbocycles. The van der Waals surface area contributed by atoms with Crippen LogP contribution in [0.3, 0.4) is 0 Å². The van der Waals surface area contributed by atoms with Gasteiger partial charge in [0.05, 0.1) is 6.61 Å². The Morgan fingerprint density at radius 1 is 1.39 bits per heavy atom. The summed E-state index contributed by atoms with van der Waals surface area (Å²) in [6.45, 7) is 2.05. The predicted molar refractivity (Wildman–Crippen MR) is 76.6 cm³/mol. The molecule has 0 aliphatic rings. The highest BCUT2D eigenvalue weighted by Crippen LogP contribution is 2.16. The van der Waals surface area contributed by atoms with E-state index in [0.29, 0.717) is 11.9 Å². The summed E-state index contributed by atoms with van der Waals surface area (Å²) in [5.74, 6) is 0.910. The molecule has 0 saturated heterocycles. The largest absolute Gasteiger partial charge is 0.395 e. The third-order valence-electron chi connectivity index (χ3n) is 2.39. The number of aliphatic hydroxyl groups excluding tert-OH is 1. The Morgan fingerprint density at radius 2 is 2.06 bits per heavy atom. The summed E-state index contributed by atoms with van der Waals surface area (Å²) in [6, 6.07) is 0.0264. The van der Waals surface area contributed by atoms with Gasteiger partial charge in [-0.1, -0.05) is 0 Å². The SMILES string of the molecule is CSC(CO)C(C)Nc1nc(Cl)nc(N(C)C)n1. The number of nitrogens with one attached hydrogen (secondary N) is 1. The molecule has 0 saturated carbocycles. The minimum absolute atomic E-state index is 0.0264. The zero-order chi connectivity index (χ0) is 13.7. The van der Waals surface area contributed by atoms with Crippen LogP contribution in [0.5, 0.6) is 0 Å². The van der Waals surface area contributed by atoms with Crippen molar-refractivity contribution < 1.29 is 5.11 Å². The molecule has 1 rings (SSSR count). The lowest BCUT2D eigenvalue weighted by molar-refractivity contribution is 0.288. The molecule has 6 nitrogen and oxygen atoms in total. The van der Waals surface area contributed by atoms with Gasteiger partial charge in [0, 0.05) is 25.4 Å². The Kier molecular flexibility index (Phi) is 5.90. The third kappa shape index (κ3) is 4.15. The molecule has 0 aliphatic heterocycles. The van der Waals surface area contributed by atoms with Gasteiger partial charge in [0.2, 0.25) is 17.2 Å². The zero-order valence-electron chi connectivity index (χ0n) is 10.9. The fourth-order valence-corrected chi connectivity index (χ4v) is 2.12. The number of aliphatic hydroxyl groups is 1. The van der Waals surface area contributed by atoms with E-state index in [1.165, 1.54) is 0 Å². The highest BCUT2D eigenvalue weighted by Gasteiger charge is 2.17. The second-order valence-electron chi connectivity index (χ2n) is 4.01. The molecule has 0 fully saturated rings. The lowest BCUT2D eigenvalue weighted by Gasteiger charge is -2.21. The number of hydrogen-bond donors (Lipinski definition) is 2. The molecule has 0 amide bonds. The molecule has 2 unspecified atom stereocenters. The summed E-state index contributed by atoms with van der Waals surface area (Å²) in [6.07, 6.45) is 1.95. The lowest BCUT2D eigenvalue weighted by atomic mass is 10.2. The van der Waals surface area contributed by atoms with Crippen LogP contribution in [-0.2, 0) is 0 Å². The Hall–Kier alpha value is -0.790. The van der Waals surface area contributed by atoms with Gasteiger partial charge < -0.3 is 15.3 Å². The molecule has 1 aromatic heterocycles. The van der Waals surface area contributed by atoms with Gasteiger partial charge in [-0.15, -0.1) is 0 Å². The molecule has 0 aliphatic carbocycles. The van der Waals surface area contributed by atoms with Crippen LogP contribution in [0.15, 0.2) is 0 Å². The Morgan fingerprint density at radius 3 is 2.56 bits per heavy atom. The molecule has 18 heavy (non-hydrogen) atoms. The smallest absolute Gasteiger partial charge is 0.230 e. The molecule has 1 heterocycles. The van der Waals surface area contributed by atoms with Crippen molar-refractivity contribution >= 4 is 35.3 Å². The summed E-state index contributed by atoms with van der Waals surface area (Å²) in [5.41, 5.74) is 0. The lowest BCUT2D eigenvalue weighted by Crippen LogP contribution is -2.32. The summed E-state index contributed by atoms with van der Waals surface area (Å²) < 4.78 is 0. The van der Waals surface area contributed by atoms with Crippen LogP contribution in [0.4, 0.5) is 11.9 Å². The van der Waals surface area contributed by atoms with E-state index in [1.807, 2.05) is 27.3 Å². The van der Waals surface area contributed by atoms with Crippen molar-refractivity contribution in [3.63, 3.8) is 0 Å². The van der Waals surface area contributed by atoms with Gasteiger partial charge in [-0.3, -0.25) is 0 Å². The molecule has 0 bridgehead atoms. The highest BCUT2D eigenvalue weighted by molar-refractivity contribution is 7.99. The zero-order valence-corrected chi connectivity index (χ0v) is 12.5. The second-order valence-corrected chi connectivity index (χ2v) is 5.43. The first-order valence-corrected chi connectivity index (χ1v) is 7.13. The number of aromatic nitrogens is 3. The number of thioether (sulfide) groups is 1. The van der Waals surface area contributed by atoms with Gasteiger partial charge in [-0.2, -0.15) is 26.7 Å². The fourth-order valence-electron chi connectivity index (χ4n) is 1.34. The number of nitrogens with zero attached hydrogens (tertiary/aromatic N) is 4. The first-order valence-electron chi connectivity index (χ1n) is 5.47. The summed E-state index contributed by atoms with van der Waals surface area (Å²) >= 11 is 7.43. The first-order chi connectivity index (χ1) is 8.47. The normalized spacial score (nSPS) is 14.1. The Bertz CT molecular complexity index is 389. The van der Waals surface area contributed by atoms with Gasteiger partial charge in [0.1, 0.15) is 0 Å². The van der Waals surface area contributed by atoms with Gasteiger partial charge in [0.25, 0.3) is 0 Å². The van der Waals surface area contributed by atoms with Crippen molar-refractivity contribution in [2.24, 2.45) is 0 Å². The monoisotopic (exact) mass is 291 g/mol. The summed E-state index contributed by atoms with van der Waals surface area (Å²) in [5, 5.41) is 12.6. The first kappa shape index (κ1) is 15.3. The second kappa shape index (κ2) is 6.96. The molecular formula is C10H18ClN5OS. The van der Waals surface area contributed by atoms with Crippen molar-refractivity contribution in [2.75, 3.05) is 37.2 Å². The molecule has 0 spiro atoms. The van der Waals surface area contributed by atoms with Crippen LogP contribution in [0.2, 0.25) is 5.28 Å². The topological polar surface area (TPSA) is 74.2 Å². The molecule has 2 atom stereocenters. The Balaban J connectivity index is 2.83. The van der Waals surface area contributed by atoms with E-state index in [-0.39, 0.29) is 23.2 Å². The van der Waals surface area contributed by atoms with Crippen LogP contribution >= 0.6 is 23.4 Å². The minimum atomic E-state index is 0.0264. The maximum Gasteiger partial charge on any atom is 0.230 e. The maximum atomic E-state index is 9.22. The molecular weight excluding hydrogens is 274 g/mol. The van der Waals surface area contributed by atoms with Crippen molar-refractivity contribution in [3.8, 4) is 0 Å². The number of halogens is 1. The van der Waals surface area contributed by atoms with Crippen molar-refractivity contribution in [3.05, 3.63) is 5.28 Å². The van der Waals surface area contributed by atoms with Gasteiger partial charge in [0.15, 0.2) is 0 Å². The molecule has 8 heteroatoms. The van der Waals surface area contributed by atoms with Crippen LogP contribution in [0, 0.1) is 0 Å². The van der Waals surface area contributed by atoms with E-state index in [0.717, 1.165) is 0 Å². The van der Waals surface area contributed by atoms with E-state index in [4.69, 9.17) is 11.6 Å². The van der Waals surface area contributed by atoms with Crippen LogP contribution in [0.1, 0.15) is 6.92 Å². The van der Waals surface area contributed by atoms with E-state index in [2.05, 4.69) is 20.3 Å². The number of anilines is 2. The van der Waals surface area contributed by atoms with Crippen molar-refractivity contribution in [2.45, 2.75) is 18.2 Å². The van der Waals surface area contributed by atoms with Crippen LogP contribution < -0.4 is 10.2 Å². The summed E-state index contributed by atoms with van der Waals surface area (Å²) in [4.78, 5) is 14.0. The maximum absolute atomic E-state index is 9.22. The minimum Gasteiger partial charge on any atom is -0.395 e. The van der Waals surface area contributed by atoms with Crippen LogP contribution in [0.25, 0.3) is 0 Å². The Labute approximate surface area is 116 Å². The van der Waals surface area contributed by atoms with E-state index < -0.39 is 0 Å². The average molecular weight is 292 g/mol. The third-order valence-corrected chi connectivity index (χ3v) is 3.73. The van der Waals surface area contributed by atoms with Crippen molar-refractivity contribution in [1.82, 2.24) is 15.0 Å². The van der Waals surface area contributed by atoms with Gasteiger partial charge in [-0.05, 0) is 24.8 Å². The average Bonchev–Trinajstić information content (AvgIpc) is 2.29. The quantitative estimate of drug-likeness (QED) is 0.813. The predicted octanol–water partition coefficient (Wildman–Crippen LogP) is 1.12. The molecule has 2 N–H and O–H groups in total. The van der Waals surface area contributed by atoms with E-state index in [9.17, 15) is 5.11 Å². The van der Waals surface area contributed by atoms with Gasteiger partial charge >= 0.3 is 0 Å². The highest BCUT2D eigenvalue weighted by atomic mass is 35.5. The van der Waals surface area contributed by atoms with Crippen molar-refractivity contribution in [1.29, 1.82) is 0 Å². The molecule has 1 aromatic rings. The molecule has 0 radical (unpaired) electrons. The molecule has 102 valence electrons. The number of rotatable bonds is 6. The standard InChI is InChI=1S/C10H18ClN5OS/c1-6(7(5-17)18-4)12-9-13-8(11)14-10(15-9)16(2)3/h6-7,17H,5H2,1-4H3,(H,12,13,14,15). The fraction of sp³-hybridized carbons (Fsp3) is 0.700.